The Morgan fingerprint density at radius 3 is 2.50 bits per heavy atom. The molecule has 3 N–H and O–H groups in total. The van der Waals surface area contributed by atoms with Gasteiger partial charge in [0.2, 0.25) is 11.8 Å². The van der Waals surface area contributed by atoms with Gasteiger partial charge in [0.1, 0.15) is 6.04 Å². The number of carbonyl (C=O) groups is 2. The van der Waals surface area contributed by atoms with Gasteiger partial charge in [-0.3, -0.25) is 14.3 Å². The van der Waals surface area contributed by atoms with Crippen molar-refractivity contribution in [2.45, 2.75) is 50.4 Å². The van der Waals surface area contributed by atoms with E-state index in [-0.39, 0.29) is 42.8 Å². The molecule has 3 heterocycles. The number of likely N-dealkylation sites (N-methyl/N-ethyl adjacent to an activating group) is 1. The molecule has 0 radical (unpaired) electrons. The van der Waals surface area contributed by atoms with E-state index < -0.39 is 12.1 Å². The van der Waals surface area contributed by atoms with Crippen LogP contribution in [0.5, 0.6) is 0 Å². The highest BCUT2D eigenvalue weighted by molar-refractivity contribution is 5.91. The van der Waals surface area contributed by atoms with Crippen molar-refractivity contribution in [3.63, 3.8) is 0 Å². The van der Waals surface area contributed by atoms with Gasteiger partial charge in [0.05, 0.1) is 23.9 Å². The van der Waals surface area contributed by atoms with E-state index in [2.05, 4.69) is 15.7 Å². The number of rotatable bonds is 7. The molecule has 0 saturated carbocycles. The Balaban J connectivity index is 1.42. The average Bonchev–Trinajstić information content (AvgIpc) is 3.45. The molecule has 4 atom stereocenters. The number of aromatic nitrogens is 2. The van der Waals surface area contributed by atoms with Gasteiger partial charge in [0.25, 0.3) is 0 Å². The molecule has 34 heavy (non-hydrogen) atoms. The summed E-state index contributed by atoms with van der Waals surface area (Å²) in [6.07, 6.45) is 2.90. The van der Waals surface area contributed by atoms with Gasteiger partial charge in [-0.15, -0.1) is 0 Å². The van der Waals surface area contributed by atoms with Crippen molar-refractivity contribution in [3.05, 3.63) is 42.1 Å². The van der Waals surface area contributed by atoms with Gasteiger partial charge >= 0.3 is 0 Å². The van der Waals surface area contributed by atoms with E-state index >= 15 is 0 Å². The molecule has 184 valence electrons. The Morgan fingerprint density at radius 2 is 1.88 bits per heavy atom. The number of nitrogens with zero attached hydrogens (tertiary/aromatic N) is 3. The highest BCUT2D eigenvalue weighted by atomic mass is 16.5. The van der Waals surface area contributed by atoms with Crippen molar-refractivity contribution in [1.82, 2.24) is 25.3 Å². The Bertz CT molecular complexity index is 985. The Kier molecular flexibility index (Phi) is 7.65. The molecule has 4 rings (SSSR count). The first-order valence-electron chi connectivity index (χ1n) is 12.0. The smallest absolute Gasteiger partial charge is 0.243 e. The van der Waals surface area contributed by atoms with Gasteiger partial charge < -0.3 is 25.4 Å². The fourth-order valence-corrected chi connectivity index (χ4v) is 5.09. The van der Waals surface area contributed by atoms with Crippen LogP contribution in [0.15, 0.2) is 36.5 Å². The fourth-order valence-electron chi connectivity index (χ4n) is 5.09. The predicted molar refractivity (Wildman–Crippen MR) is 128 cm³/mol. The molecule has 1 unspecified atom stereocenters. The zero-order chi connectivity index (χ0) is 24.2. The van der Waals surface area contributed by atoms with Gasteiger partial charge in [-0.1, -0.05) is 24.3 Å². The van der Waals surface area contributed by atoms with Gasteiger partial charge in [-0.2, -0.15) is 5.10 Å². The van der Waals surface area contributed by atoms with Crippen molar-refractivity contribution in [1.29, 1.82) is 0 Å². The van der Waals surface area contributed by atoms with E-state index in [4.69, 9.17) is 4.74 Å². The number of hydrogen-bond acceptors (Lipinski definition) is 6. The number of nitrogens with one attached hydrogen (secondary N) is 2. The molecular weight excluding hydrogens is 434 g/mol. The lowest BCUT2D eigenvalue weighted by Gasteiger charge is -2.34. The minimum Gasteiger partial charge on any atom is -0.391 e. The number of amides is 2. The lowest BCUT2D eigenvalue weighted by atomic mass is 9.90. The van der Waals surface area contributed by atoms with E-state index in [9.17, 15) is 14.7 Å². The van der Waals surface area contributed by atoms with E-state index in [1.54, 1.807) is 18.1 Å². The predicted octanol–water partition coefficient (Wildman–Crippen LogP) is 1.24. The van der Waals surface area contributed by atoms with Crippen molar-refractivity contribution >= 4 is 11.8 Å². The van der Waals surface area contributed by atoms with Crippen molar-refractivity contribution in [2.75, 3.05) is 26.8 Å². The molecule has 1 aromatic carbocycles. The normalized spacial score (nSPS) is 23.0. The van der Waals surface area contributed by atoms with Crippen LogP contribution >= 0.6 is 0 Å². The average molecular weight is 470 g/mol. The van der Waals surface area contributed by atoms with Gasteiger partial charge in [-0.25, -0.2) is 0 Å². The first-order valence-corrected chi connectivity index (χ1v) is 12.0. The Labute approximate surface area is 200 Å². The SMILES string of the molecule is CNC(C(=O)N1C[C@H](O)C[C@H]1C(=O)N[C@@H](C)c1ccc(-c2ccnn2C)cc1)C1CCOCC1. The summed E-state index contributed by atoms with van der Waals surface area (Å²) in [5.41, 5.74) is 3.02. The summed E-state index contributed by atoms with van der Waals surface area (Å²) in [5.74, 6) is -0.209. The van der Waals surface area contributed by atoms with Crippen molar-refractivity contribution < 1.29 is 19.4 Å². The number of hydrogen-bond donors (Lipinski definition) is 3. The second-order valence-electron chi connectivity index (χ2n) is 9.30. The highest BCUT2D eigenvalue weighted by Crippen LogP contribution is 2.26. The van der Waals surface area contributed by atoms with Crippen LogP contribution in [0.25, 0.3) is 11.3 Å². The minimum atomic E-state index is -0.708. The fraction of sp³-hybridized carbons (Fsp3) is 0.560. The van der Waals surface area contributed by atoms with Crippen LogP contribution in [-0.2, 0) is 21.4 Å². The van der Waals surface area contributed by atoms with Crippen LogP contribution in [0.1, 0.15) is 37.8 Å². The number of benzene rings is 1. The number of β-amino-alcohol motifs (C(OH)–C–C–N with tert-alkyl or cyclic N) is 1. The van der Waals surface area contributed by atoms with Gasteiger partial charge in [0.15, 0.2) is 0 Å². The van der Waals surface area contributed by atoms with Crippen LogP contribution in [0, 0.1) is 5.92 Å². The maximum absolute atomic E-state index is 13.4. The third kappa shape index (κ3) is 5.16. The second-order valence-corrected chi connectivity index (χ2v) is 9.30. The van der Waals surface area contributed by atoms with E-state index in [1.165, 1.54) is 0 Å². The molecule has 2 aromatic rings. The van der Waals surface area contributed by atoms with Crippen LogP contribution < -0.4 is 10.6 Å². The maximum Gasteiger partial charge on any atom is 0.243 e. The first-order chi connectivity index (χ1) is 16.4. The molecule has 0 aliphatic carbocycles. The second kappa shape index (κ2) is 10.7. The molecule has 9 heteroatoms. The van der Waals surface area contributed by atoms with Crippen LogP contribution in [0.2, 0.25) is 0 Å². The third-order valence-corrected chi connectivity index (χ3v) is 7.07. The lowest BCUT2D eigenvalue weighted by molar-refractivity contribution is -0.142. The van der Waals surface area contributed by atoms with Crippen molar-refractivity contribution in [2.24, 2.45) is 13.0 Å². The van der Waals surface area contributed by atoms with Crippen LogP contribution in [-0.4, -0.2) is 76.6 Å². The molecule has 0 bridgehead atoms. The zero-order valence-corrected chi connectivity index (χ0v) is 20.1. The number of likely N-dealkylation sites (tertiary alicyclic amines) is 1. The van der Waals surface area contributed by atoms with E-state index in [1.807, 2.05) is 49.0 Å². The molecule has 2 fully saturated rings. The molecule has 0 spiro atoms. The summed E-state index contributed by atoms with van der Waals surface area (Å²) in [5, 5.41) is 20.7. The minimum absolute atomic E-state index is 0.126. The molecule has 2 aliphatic rings. The summed E-state index contributed by atoms with van der Waals surface area (Å²) in [7, 11) is 3.67. The molecule has 9 nitrogen and oxygen atoms in total. The van der Waals surface area contributed by atoms with Crippen LogP contribution in [0.3, 0.4) is 0 Å². The summed E-state index contributed by atoms with van der Waals surface area (Å²) in [6.45, 7) is 3.37. The van der Waals surface area contributed by atoms with Crippen LogP contribution in [0.4, 0.5) is 0 Å². The summed E-state index contributed by atoms with van der Waals surface area (Å²) >= 11 is 0. The Hall–Kier alpha value is -2.75. The Morgan fingerprint density at radius 1 is 1.18 bits per heavy atom. The monoisotopic (exact) mass is 469 g/mol. The first kappa shape index (κ1) is 24.4. The summed E-state index contributed by atoms with van der Waals surface area (Å²) in [6, 6.07) is 8.64. The van der Waals surface area contributed by atoms with Crippen molar-refractivity contribution in [3.8, 4) is 11.3 Å². The highest BCUT2D eigenvalue weighted by Gasteiger charge is 2.43. The molecule has 2 amide bonds. The third-order valence-electron chi connectivity index (χ3n) is 7.07. The number of aliphatic hydroxyl groups is 1. The standard InChI is InChI=1S/C25H35N5O4/c1-16(17-4-6-18(7-5-17)21-8-11-27-29(21)3)28-24(32)22-14-20(31)15-30(22)25(33)23(26-2)19-9-12-34-13-10-19/h4-8,11,16,19-20,22-23,26,31H,9-10,12-15H2,1-3H3,(H,28,32)/t16-,20+,22-,23?/m0/s1. The van der Waals surface area contributed by atoms with Gasteiger partial charge in [-0.05, 0) is 49.9 Å². The molecule has 1 aromatic heterocycles. The molecule has 2 saturated heterocycles. The van der Waals surface area contributed by atoms with E-state index in [0.29, 0.717) is 13.2 Å². The van der Waals surface area contributed by atoms with E-state index in [0.717, 1.165) is 29.7 Å². The quantitative estimate of drug-likeness (QED) is 0.563. The number of ether oxygens (including phenoxy) is 1. The maximum atomic E-state index is 13.4. The largest absolute Gasteiger partial charge is 0.391 e. The summed E-state index contributed by atoms with van der Waals surface area (Å²) in [4.78, 5) is 28.2. The van der Waals surface area contributed by atoms with Gasteiger partial charge in [0, 0.05) is 39.4 Å². The zero-order valence-electron chi connectivity index (χ0n) is 20.1. The lowest BCUT2D eigenvalue weighted by Crippen LogP contribution is -2.55. The number of aryl methyl sites for hydroxylation is 1. The number of carbonyl (C=O) groups excluding carboxylic acids is 2. The topological polar surface area (TPSA) is 109 Å². The summed E-state index contributed by atoms with van der Waals surface area (Å²) < 4.78 is 7.25. The molecule has 2 aliphatic heterocycles. The molecular formula is C25H35N5O4. The number of aliphatic hydroxyl groups excluding tert-OH is 1.